The summed E-state index contributed by atoms with van der Waals surface area (Å²) >= 11 is 0. The first-order chi connectivity index (χ1) is 14.0. The first-order valence-electron chi connectivity index (χ1n) is 8.71. The lowest BCUT2D eigenvalue weighted by Gasteiger charge is -2.23. The molecule has 0 fully saturated rings. The highest BCUT2D eigenvalue weighted by atomic mass is 16.4. The Morgan fingerprint density at radius 1 is 0.900 bits per heavy atom. The molecule has 3 unspecified atom stereocenters. The summed E-state index contributed by atoms with van der Waals surface area (Å²) in [4.78, 5) is 61.8. The van der Waals surface area contributed by atoms with Crippen molar-refractivity contribution in [2.75, 3.05) is 19.7 Å². The predicted molar refractivity (Wildman–Crippen MR) is 102 cm³/mol. The summed E-state index contributed by atoms with van der Waals surface area (Å²) in [6, 6.07) is -4.24. The number of carboxylic acids is 2. The summed E-state index contributed by atoms with van der Waals surface area (Å²) in [7, 11) is 0. The van der Waals surface area contributed by atoms with E-state index in [4.69, 9.17) is 32.5 Å². The molecular weight excluding hydrogens is 406 g/mol. The van der Waals surface area contributed by atoms with E-state index in [0.717, 1.165) is 0 Å². The average Bonchev–Trinajstić information content (AvgIpc) is 2.66. The molecule has 0 bridgehead atoms. The van der Waals surface area contributed by atoms with Gasteiger partial charge in [0.25, 0.3) is 0 Å². The summed E-state index contributed by atoms with van der Waals surface area (Å²) in [6.07, 6.45) is -0.625. The first-order valence-corrected chi connectivity index (χ1v) is 8.71. The summed E-state index contributed by atoms with van der Waals surface area (Å²) in [6.45, 7) is -1.33. The quantitative estimate of drug-likeness (QED) is 0.0710. The molecule has 0 rings (SSSR count). The van der Waals surface area contributed by atoms with Crippen molar-refractivity contribution in [2.24, 2.45) is 22.2 Å². The largest absolute Gasteiger partial charge is 0.481 e. The lowest BCUT2D eigenvalue weighted by Crippen LogP contribution is -2.57. The fourth-order valence-electron chi connectivity index (χ4n) is 2.08. The summed E-state index contributed by atoms with van der Waals surface area (Å²) in [5, 5.41) is 32.9. The normalized spacial score (nSPS) is 13.3. The van der Waals surface area contributed by atoms with Gasteiger partial charge in [-0.15, -0.1) is 0 Å². The highest BCUT2D eigenvalue weighted by Crippen LogP contribution is 2.02. The second-order valence-electron chi connectivity index (χ2n) is 6.07. The molecular formula is C15H27N7O8. The van der Waals surface area contributed by atoms with Crippen LogP contribution in [0.1, 0.15) is 19.3 Å². The number of hydrogen-bond acceptors (Lipinski definition) is 8. The van der Waals surface area contributed by atoms with Crippen LogP contribution in [-0.2, 0) is 24.0 Å². The van der Waals surface area contributed by atoms with Crippen molar-refractivity contribution in [3.8, 4) is 0 Å². The Hall–Kier alpha value is -3.46. The number of amides is 3. The van der Waals surface area contributed by atoms with Crippen LogP contribution in [-0.4, -0.2) is 88.8 Å². The molecule has 0 saturated heterocycles. The van der Waals surface area contributed by atoms with E-state index in [1.54, 1.807) is 0 Å². The molecule has 3 atom stereocenters. The molecule has 0 saturated carbocycles. The maximum atomic E-state index is 12.5. The van der Waals surface area contributed by atoms with Gasteiger partial charge in [-0.3, -0.25) is 29.0 Å². The third-order valence-corrected chi connectivity index (χ3v) is 3.54. The molecule has 0 aromatic carbocycles. The fraction of sp³-hybridized carbons (Fsp3) is 0.600. The Balaban J connectivity index is 5.27. The van der Waals surface area contributed by atoms with Gasteiger partial charge in [0.1, 0.15) is 24.7 Å². The van der Waals surface area contributed by atoms with E-state index in [1.165, 1.54) is 0 Å². The third-order valence-electron chi connectivity index (χ3n) is 3.54. The Bertz CT molecular complexity index is 665. The van der Waals surface area contributed by atoms with E-state index in [-0.39, 0.29) is 25.3 Å². The van der Waals surface area contributed by atoms with Crippen LogP contribution in [0.2, 0.25) is 0 Å². The Morgan fingerprint density at radius 2 is 1.50 bits per heavy atom. The van der Waals surface area contributed by atoms with E-state index in [9.17, 15) is 24.0 Å². The zero-order valence-corrected chi connectivity index (χ0v) is 16.0. The van der Waals surface area contributed by atoms with Crippen molar-refractivity contribution >= 4 is 35.6 Å². The maximum absolute atomic E-state index is 12.5. The van der Waals surface area contributed by atoms with E-state index in [2.05, 4.69) is 20.9 Å². The molecule has 0 aliphatic carbocycles. The smallest absolute Gasteiger partial charge is 0.322 e. The first kappa shape index (κ1) is 26.5. The molecule has 0 heterocycles. The summed E-state index contributed by atoms with van der Waals surface area (Å²) < 4.78 is 0. The van der Waals surface area contributed by atoms with Gasteiger partial charge in [-0.05, 0) is 12.8 Å². The van der Waals surface area contributed by atoms with Gasteiger partial charge in [0, 0.05) is 6.54 Å². The summed E-state index contributed by atoms with van der Waals surface area (Å²) in [5.74, 6) is -5.76. The zero-order chi connectivity index (χ0) is 23.3. The topological polar surface area (TPSA) is 273 Å². The number of hydrogen-bond donors (Lipinski definition) is 9. The van der Waals surface area contributed by atoms with Crippen LogP contribution in [0.3, 0.4) is 0 Å². The van der Waals surface area contributed by atoms with Crippen LogP contribution < -0.4 is 33.2 Å². The molecule has 12 N–H and O–H groups in total. The van der Waals surface area contributed by atoms with Crippen LogP contribution in [0.4, 0.5) is 0 Å². The number of carboxylic acid groups (broad SMARTS) is 2. The minimum atomic E-state index is -1.60. The number of aliphatic hydroxyl groups is 1. The lowest BCUT2D eigenvalue weighted by atomic mass is 10.1. The highest BCUT2D eigenvalue weighted by Gasteiger charge is 2.29. The van der Waals surface area contributed by atoms with Gasteiger partial charge >= 0.3 is 11.9 Å². The zero-order valence-electron chi connectivity index (χ0n) is 16.0. The van der Waals surface area contributed by atoms with E-state index < -0.39 is 67.4 Å². The Kier molecular flexibility index (Phi) is 12.1. The monoisotopic (exact) mass is 433 g/mol. The molecule has 0 aliphatic heterocycles. The summed E-state index contributed by atoms with van der Waals surface area (Å²) in [5.41, 5.74) is 15.7. The molecule has 30 heavy (non-hydrogen) atoms. The second-order valence-corrected chi connectivity index (χ2v) is 6.07. The average molecular weight is 433 g/mol. The molecule has 3 amide bonds. The number of carbonyl (C=O) groups is 5. The van der Waals surface area contributed by atoms with Crippen LogP contribution in [0.5, 0.6) is 0 Å². The molecule has 0 aromatic heterocycles. The van der Waals surface area contributed by atoms with Crippen LogP contribution in [0, 0.1) is 0 Å². The van der Waals surface area contributed by atoms with Crippen molar-refractivity contribution in [2.45, 2.75) is 37.4 Å². The van der Waals surface area contributed by atoms with E-state index >= 15 is 0 Å². The maximum Gasteiger partial charge on any atom is 0.322 e. The number of nitrogens with two attached hydrogens (primary N) is 3. The molecule has 0 aliphatic rings. The van der Waals surface area contributed by atoms with Crippen LogP contribution in [0.15, 0.2) is 4.99 Å². The Labute approximate surface area is 171 Å². The van der Waals surface area contributed by atoms with Gasteiger partial charge in [0.2, 0.25) is 17.7 Å². The molecule has 15 nitrogen and oxygen atoms in total. The van der Waals surface area contributed by atoms with Crippen LogP contribution in [0.25, 0.3) is 0 Å². The molecule has 0 spiro atoms. The van der Waals surface area contributed by atoms with E-state index in [1.807, 2.05) is 0 Å². The number of nitrogens with one attached hydrogen (secondary N) is 3. The molecule has 170 valence electrons. The number of aliphatic carboxylic acids is 2. The van der Waals surface area contributed by atoms with Gasteiger partial charge in [-0.1, -0.05) is 0 Å². The van der Waals surface area contributed by atoms with Crippen molar-refractivity contribution in [3.63, 3.8) is 0 Å². The van der Waals surface area contributed by atoms with Gasteiger partial charge < -0.3 is 48.5 Å². The van der Waals surface area contributed by atoms with Crippen LogP contribution >= 0.6 is 0 Å². The number of aliphatic hydroxyl groups excluding tert-OH is 1. The number of guanidine groups is 1. The van der Waals surface area contributed by atoms with Crippen molar-refractivity contribution in [1.29, 1.82) is 0 Å². The molecule has 15 heteroatoms. The van der Waals surface area contributed by atoms with E-state index in [0.29, 0.717) is 0 Å². The predicted octanol–water partition coefficient (Wildman–Crippen LogP) is -5.00. The van der Waals surface area contributed by atoms with Gasteiger partial charge in [0.15, 0.2) is 5.96 Å². The minimum absolute atomic E-state index is 0.0160. The molecule has 0 aromatic rings. The number of rotatable bonds is 14. The Morgan fingerprint density at radius 3 is 2.00 bits per heavy atom. The van der Waals surface area contributed by atoms with Gasteiger partial charge in [-0.2, -0.15) is 0 Å². The van der Waals surface area contributed by atoms with Gasteiger partial charge in [-0.25, -0.2) is 0 Å². The second kappa shape index (κ2) is 13.7. The van der Waals surface area contributed by atoms with Gasteiger partial charge in [0.05, 0.1) is 13.0 Å². The SMILES string of the molecule is NC(N)=NCCCC(NC(=O)C(CC(=O)O)NC(=O)C(N)CO)C(=O)NCC(=O)O. The number of nitrogens with zero attached hydrogens (tertiary/aromatic N) is 1. The number of carbonyl (C=O) groups excluding carboxylic acids is 3. The lowest BCUT2D eigenvalue weighted by molar-refractivity contribution is -0.141. The number of aliphatic imine (C=N–C) groups is 1. The third kappa shape index (κ3) is 11.4. The standard InChI is InChI=1S/C15H27N7O8/c16-7(6-23)12(28)22-9(4-10(24)25)14(30)21-8(2-1-3-19-15(17)18)13(29)20-5-11(26)27/h7-9,23H,1-6,16H2,(H,20,29)(H,21,30)(H,22,28)(H,24,25)(H,26,27)(H4,17,18,19). The van der Waals surface area contributed by atoms with Crippen molar-refractivity contribution in [1.82, 2.24) is 16.0 Å². The molecule has 0 radical (unpaired) electrons. The fourth-order valence-corrected chi connectivity index (χ4v) is 2.08. The van der Waals surface area contributed by atoms with Crippen molar-refractivity contribution in [3.05, 3.63) is 0 Å². The highest BCUT2D eigenvalue weighted by molar-refractivity contribution is 5.95. The van der Waals surface area contributed by atoms with Crippen molar-refractivity contribution < 1.29 is 39.3 Å². The minimum Gasteiger partial charge on any atom is -0.481 e.